The van der Waals surface area contributed by atoms with Crippen LogP contribution in [-0.2, 0) is 27.9 Å². The molecule has 0 fully saturated rings. The van der Waals surface area contributed by atoms with Crippen LogP contribution >= 0.6 is 7.82 Å². The molecule has 0 aliphatic heterocycles. The Bertz CT molecular complexity index is 848. The molecule has 0 aliphatic carbocycles. The molecule has 0 N–H and O–H groups in total. The fourth-order valence-electron chi connectivity index (χ4n) is 6.13. The molecule has 310 valence electrons. The zero-order chi connectivity index (χ0) is 38.4. The SMILES string of the molecule is CCCCCCCCC/C=C\CCCCCCCCCC(=O)OC(COCCCCCCCCCCCCCC)COP(=O)([O-])OCC[N+](C)(C)C. The van der Waals surface area contributed by atoms with Gasteiger partial charge in [0.15, 0.2) is 0 Å². The lowest BCUT2D eigenvalue weighted by Gasteiger charge is -2.28. The molecule has 0 aromatic heterocycles. The van der Waals surface area contributed by atoms with Crippen LogP contribution < -0.4 is 4.89 Å². The van der Waals surface area contributed by atoms with Crippen LogP contribution in [0.15, 0.2) is 12.2 Å². The van der Waals surface area contributed by atoms with Gasteiger partial charge in [0.05, 0.1) is 34.4 Å². The molecule has 0 aromatic carbocycles. The van der Waals surface area contributed by atoms with Gasteiger partial charge in [-0.25, -0.2) is 0 Å². The van der Waals surface area contributed by atoms with Crippen molar-refractivity contribution < 1.29 is 37.3 Å². The zero-order valence-corrected chi connectivity index (χ0v) is 35.9. The lowest BCUT2D eigenvalue weighted by Crippen LogP contribution is -2.37. The van der Waals surface area contributed by atoms with Crippen LogP contribution in [-0.4, -0.2) is 70.7 Å². The maximum atomic E-state index is 12.7. The van der Waals surface area contributed by atoms with E-state index in [2.05, 4.69) is 26.0 Å². The van der Waals surface area contributed by atoms with Gasteiger partial charge in [0.2, 0.25) is 0 Å². The predicted octanol–water partition coefficient (Wildman–Crippen LogP) is 12.0. The normalized spacial score (nSPS) is 13.9. The van der Waals surface area contributed by atoms with Crippen molar-refractivity contribution in [2.75, 3.05) is 54.1 Å². The van der Waals surface area contributed by atoms with Gasteiger partial charge in [-0.1, -0.05) is 167 Å². The molecule has 52 heavy (non-hydrogen) atoms. The monoisotopic (exact) mass is 760 g/mol. The molecule has 8 nitrogen and oxygen atoms in total. The van der Waals surface area contributed by atoms with Gasteiger partial charge < -0.3 is 27.9 Å². The second-order valence-corrected chi connectivity index (χ2v) is 17.5. The molecular formula is C43H86NO7P. The summed E-state index contributed by atoms with van der Waals surface area (Å²) in [5.74, 6) is -0.336. The molecule has 0 aromatic rings. The second-order valence-electron chi connectivity index (χ2n) is 16.1. The van der Waals surface area contributed by atoms with E-state index >= 15 is 0 Å². The highest BCUT2D eigenvalue weighted by Crippen LogP contribution is 2.38. The van der Waals surface area contributed by atoms with Crippen LogP contribution in [0, 0.1) is 0 Å². The summed E-state index contributed by atoms with van der Waals surface area (Å²) < 4.78 is 34.6. The Hall–Kier alpha value is -0.760. The Labute approximate surface area is 322 Å². The summed E-state index contributed by atoms with van der Waals surface area (Å²) in [5, 5.41) is 0. The number of allylic oxidation sites excluding steroid dienone is 2. The summed E-state index contributed by atoms with van der Waals surface area (Å²) in [6.07, 6.45) is 39.3. The van der Waals surface area contributed by atoms with Crippen LogP contribution in [0.2, 0.25) is 0 Å². The van der Waals surface area contributed by atoms with E-state index in [9.17, 15) is 14.3 Å². The number of nitrogens with zero attached hydrogens (tertiary/aromatic N) is 1. The molecule has 0 spiro atoms. The van der Waals surface area contributed by atoms with Crippen LogP contribution in [0.25, 0.3) is 0 Å². The fraction of sp³-hybridized carbons (Fsp3) is 0.930. The molecule has 2 unspecified atom stereocenters. The molecule has 0 amide bonds. The van der Waals surface area contributed by atoms with Gasteiger partial charge in [-0.05, 0) is 38.5 Å². The maximum Gasteiger partial charge on any atom is 0.306 e. The third-order valence-corrected chi connectivity index (χ3v) is 10.5. The van der Waals surface area contributed by atoms with Gasteiger partial charge in [0, 0.05) is 13.0 Å². The molecule has 2 atom stereocenters. The number of quaternary nitrogens is 1. The predicted molar refractivity (Wildman–Crippen MR) is 217 cm³/mol. The average Bonchev–Trinajstić information content (AvgIpc) is 3.09. The number of esters is 1. The van der Waals surface area contributed by atoms with E-state index < -0.39 is 13.9 Å². The summed E-state index contributed by atoms with van der Waals surface area (Å²) in [6, 6.07) is 0. The topological polar surface area (TPSA) is 94.1 Å². The summed E-state index contributed by atoms with van der Waals surface area (Å²) in [7, 11) is 1.36. The highest BCUT2D eigenvalue weighted by Gasteiger charge is 2.20. The minimum Gasteiger partial charge on any atom is -0.756 e. The molecule has 0 radical (unpaired) electrons. The van der Waals surface area contributed by atoms with Crippen molar-refractivity contribution in [3.63, 3.8) is 0 Å². The number of unbranched alkanes of at least 4 members (excludes halogenated alkanes) is 25. The highest BCUT2D eigenvalue weighted by atomic mass is 31.2. The molecule has 0 saturated heterocycles. The van der Waals surface area contributed by atoms with E-state index in [1.807, 2.05) is 21.1 Å². The quantitative estimate of drug-likeness (QED) is 0.0201. The first-order chi connectivity index (χ1) is 25.1. The number of hydrogen-bond acceptors (Lipinski definition) is 7. The van der Waals surface area contributed by atoms with Crippen molar-refractivity contribution in [1.29, 1.82) is 0 Å². The zero-order valence-electron chi connectivity index (χ0n) is 35.0. The van der Waals surface area contributed by atoms with E-state index in [0.29, 0.717) is 24.1 Å². The number of rotatable bonds is 41. The molecule has 9 heteroatoms. The minimum atomic E-state index is -4.52. The third-order valence-electron chi connectivity index (χ3n) is 9.57. The Morgan fingerprint density at radius 3 is 1.46 bits per heavy atom. The first-order valence-electron chi connectivity index (χ1n) is 21.9. The molecule has 0 rings (SSSR count). The summed E-state index contributed by atoms with van der Waals surface area (Å²) >= 11 is 0. The van der Waals surface area contributed by atoms with Crippen molar-refractivity contribution in [2.24, 2.45) is 0 Å². The molecule has 0 bridgehead atoms. The summed E-state index contributed by atoms with van der Waals surface area (Å²) in [5.41, 5.74) is 0. The third kappa shape index (κ3) is 40.4. The Morgan fingerprint density at radius 2 is 1.00 bits per heavy atom. The second kappa shape index (κ2) is 37.2. The van der Waals surface area contributed by atoms with Crippen LogP contribution in [0.3, 0.4) is 0 Å². The summed E-state index contributed by atoms with van der Waals surface area (Å²) in [4.78, 5) is 25.0. The Kier molecular flexibility index (Phi) is 36.6. The molecule has 0 saturated carbocycles. The van der Waals surface area contributed by atoms with E-state index in [-0.39, 0.29) is 25.8 Å². The Balaban J connectivity index is 4.20. The van der Waals surface area contributed by atoms with Crippen molar-refractivity contribution in [3.05, 3.63) is 12.2 Å². The molecule has 0 heterocycles. The lowest BCUT2D eigenvalue weighted by molar-refractivity contribution is -0.870. The number of carbonyl (C=O) groups excluding carboxylic acids is 1. The molecule has 0 aliphatic rings. The number of phosphoric ester groups is 1. The fourth-order valence-corrected chi connectivity index (χ4v) is 6.86. The van der Waals surface area contributed by atoms with Gasteiger partial charge >= 0.3 is 5.97 Å². The van der Waals surface area contributed by atoms with Gasteiger partial charge in [-0.2, -0.15) is 0 Å². The van der Waals surface area contributed by atoms with E-state index in [4.69, 9.17) is 18.5 Å². The molecular weight excluding hydrogens is 673 g/mol. The number of carbonyl (C=O) groups is 1. The van der Waals surface area contributed by atoms with E-state index in [0.717, 1.165) is 32.1 Å². The first kappa shape index (κ1) is 51.2. The summed E-state index contributed by atoms with van der Waals surface area (Å²) in [6.45, 7) is 5.43. The van der Waals surface area contributed by atoms with Crippen LogP contribution in [0.5, 0.6) is 0 Å². The van der Waals surface area contributed by atoms with Crippen molar-refractivity contribution >= 4 is 13.8 Å². The lowest BCUT2D eigenvalue weighted by atomic mass is 10.1. The standard InChI is InChI=1S/C43H86NO7P/c1-6-8-10-12-14-16-18-20-21-22-23-24-25-26-28-30-32-34-36-43(45)51-42(41-50-52(46,47)49-39-37-44(3,4)5)40-48-38-35-33-31-29-27-19-17-15-13-11-9-7-2/h21-22,42H,6-20,23-41H2,1-5H3/b22-21-. The highest BCUT2D eigenvalue weighted by molar-refractivity contribution is 7.45. The minimum absolute atomic E-state index is 0.0284. The van der Waals surface area contributed by atoms with E-state index in [1.54, 1.807) is 0 Å². The maximum absolute atomic E-state index is 12.7. The van der Waals surface area contributed by atoms with Crippen LogP contribution in [0.1, 0.15) is 200 Å². The van der Waals surface area contributed by atoms with Crippen LogP contribution in [0.4, 0.5) is 0 Å². The van der Waals surface area contributed by atoms with Gasteiger partial charge in [-0.15, -0.1) is 0 Å². The average molecular weight is 760 g/mol. The van der Waals surface area contributed by atoms with Gasteiger partial charge in [0.25, 0.3) is 7.82 Å². The number of phosphoric acid groups is 1. The van der Waals surface area contributed by atoms with Crippen molar-refractivity contribution in [3.8, 4) is 0 Å². The smallest absolute Gasteiger partial charge is 0.306 e. The van der Waals surface area contributed by atoms with Gasteiger partial charge in [-0.3, -0.25) is 9.36 Å². The number of likely N-dealkylation sites (N-methyl/N-ethyl adjacent to an activating group) is 1. The number of hydrogen-bond donors (Lipinski definition) is 0. The Morgan fingerprint density at radius 1 is 0.577 bits per heavy atom. The van der Waals surface area contributed by atoms with Gasteiger partial charge in [0.1, 0.15) is 19.3 Å². The van der Waals surface area contributed by atoms with Crippen molar-refractivity contribution in [1.82, 2.24) is 0 Å². The largest absolute Gasteiger partial charge is 0.756 e. The van der Waals surface area contributed by atoms with Crippen molar-refractivity contribution in [2.45, 2.75) is 206 Å². The first-order valence-corrected chi connectivity index (χ1v) is 23.4. The number of ether oxygens (including phenoxy) is 2. The van der Waals surface area contributed by atoms with E-state index in [1.165, 1.54) is 148 Å².